The fourth-order valence-electron chi connectivity index (χ4n) is 2.43. The molecule has 0 saturated carbocycles. The van der Waals surface area contributed by atoms with Gasteiger partial charge in [0.15, 0.2) is 11.2 Å². The Hall–Kier alpha value is -0.670. The van der Waals surface area contributed by atoms with Crippen molar-refractivity contribution in [2.75, 3.05) is 12.9 Å². The van der Waals surface area contributed by atoms with Gasteiger partial charge in [0, 0.05) is 19.3 Å². The van der Waals surface area contributed by atoms with Gasteiger partial charge in [0.05, 0.1) is 7.11 Å². The van der Waals surface area contributed by atoms with E-state index in [9.17, 15) is 0 Å². The quantitative estimate of drug-likeness (QED) is 0.593. The van der Waals surface area contributed by atoms with Crippen molar-refractivity contribution in [3.8, 4) is 5.75 Å². The lowest BCUT2D eigenvalue weighted by Crippen LogP contribution is -2.09. The average molecular weight is 237 g/mol. The average Bonchev–Trinajstić information content (AvgIpc) is 2.89. The van der Waals surface area contributed by atoms with E-state index in [4.69, 9.17) is 8.92 Å². The number of ether oxygens (including phenoxy) is 1. The van der Waals surface area contributed by atoms with E-state index in [1.807, 2.05) is 12.1 Å². The zero-order valence-corrected chi connectivity index (χ0v) is 10.4. The van der Waals surface area contributed by atoms with Crippen LogP contribution in [0.15, 0.2) is 24.3 Å². The highest BCUT2D eigenvalue weighted by atomic mass is 32.2. The molecule has 2 aliphatic rings. The number of benzene rings is 1. The van der Waals surface area contributed by atoms with E-state index < -0.39 is 0 Å². The molecule has 1 aromatic carbocycles. The summed E-state index contributed by atoms with van der Waals surface area (Å²) in [6.45, 7) is 0. The van der Waals surface area contributed by atoms with Crippen molar-refractivity contribution < 1.29 is 8.92 Å². The van der Waals surface area contributed by atoms with Gasteiger partial charge >= 0.3 is 4.93 Å². The summed E-state index contributed by atoms with van der Waals surface area (Å²) in [6, 6.07) is 8.39. The van der Waals surface area contributed by atoms with Crippen molar-refractivity contribution in [3.63, 3.8) is 0 Å². The minimum Gasteiger partial charge on any atom is -0.497 e. The summed E-state index contributed by atoms with van der Waals surface area (Å²) in [4.78, 5) is 0.305. The Bertz CT molecular complexity index is 376. The molecule has 0 aliphatic carbocycles. The van der Waals surface area contributed by atoms with Crippen molar-refractivity contribution in [2.24, 2.45) is 0 Å². The topological polar surface area (TPSA) is 21.8 Å². The summed E-state index contributed by atoms with van der Waals surface area (Å²) < 4.78 is 11.0. The Morgan fingerprint density at radius 2 is 2.19 bits per heavy atom. The molecule has 16 heavy (non-hydrogen) atoms. The first kappa shape index (κ1) is 10.5. The van der Waals surface area contributed by atoms with Crippen LogP contribution in [0.5, 0.6) is 5.75 Å². The molecule has 2 nitrogen and oxygen atoms in total. The molecule has 2 heterocycles. The Balaban J connectivity index is 1.58. The summed E-state index contributed by atoms with van der Waals surface area (Å²) in [7, 11) is 1.70. The van der Waals surface area contributed by atoms with Crippen LogP contribution in [0.1, 0.15) is 24.8 Å². The van der Waals surface area contributed by atoms with E-state index in [0.29, 0.717) is 16.1 Å². The molecule has 2 saturated heterocycles. The summed E-state index contributed by atoms with van der Waals surface area (Å²) >= 11 is 0.331. The first-order chi connectivity index (χ1) is 7.82. The molecule has 1 aromatic rings. The molecule has 2 aliphatic heterocycles. The molecule has 0 spiro atoms. The maximum Gasteiger partial charge on any atom is 0.308 e. The van der Waals surface area contributed by atoms with Crippen molar-refractivity contribution >= 4 is 11.2 Å². The van der Waals surface area contributed by atoms with E-state index in [1.54, 1.807) is 7.11 Å². The Morgan fingerprint density at radius 3 is 2.75 bits per heavy atom. The van der Waals surface area contributed by atoms with Crippen LogP contribution >= 0.6 is 0 Å². The summed E-state index contributed by atoms with van der Waals surface area (Å²) in [6.07, 6.45) is 4.98. The van der Waals surface area contributed by atoms with Gasteiger partial charge in [-0.25, -0.2) is 0 Å². The molecule has 0 aromatic heterocycles. The molecular formula is C13H17O2S+. The van der Waals surface area contributed by atoms with Crippen molar-refractivity contribution in [1.82, 2.24) is 0 Å². The van der Waals surface area contributed by atoms with Crippen LogP contribution in [0.25, 0.3) is 0 Å². The maximum atomic E-state index is 5.81. The van der Waals surface area contributed by atoms with Crippen LogP contribution in [-0.2, 0) is 21.8 Å². The zero-order valence-electron chi connectivity index (χ0n) is 9.57. The maximum absolute atomic E-state index is 5.81. The van der Waals surface area contributed by atoms with E-state index >= 15 is 0 Å². The summed E-state index contributed by atoms with van der Waals surface area (Å²) in [5.74, 6) is 2.24. The normalized spacial score (nSPS) is 31.2. The molecule has 0 N–H and O–H groups in total. The second kappa shape index (κ2) is 3.97. The van der Waals surface area contributed by atoms with Crippen molar-refractivity contribution in [3.05, 3.63) is 29.8 Å². The van der Waals surface area contributed by atoms with Crippen molar-refractivity contribution in [2.45, 2.75) is 30.6 Å². The zero-order chi connectivity index (χ0) is 11.0. The van der Waals surface area contributed by atoms with Crippen LogP contribution in [-0.4, -0.2) is 17.8 Å². The van der Waals surface area contributed by atoms with Gasteiger partial charge in [0.25, 0.3) is 0 Å². The van der Waals surface area contributed by atoms with Gasteiger partial charge in [-0.15, -0.1) is 4.18 Å². The lowest BCUT2D eigenvalue weighted by Gasteiger charge is -2.03. The third kappa shape index (κ3) is 1.82. The molecule has 2 fully saturated rings. The van der Waals surface area contributed by atoms with E-state index in [0.717, 1.165) is 12.2 Å². The third-order valence-electron chi connectivity index (χ3n) is 3.48. The predicted molar refractivity (Wildman–Crippen MR) is 66.6 cm³/mol. The standard InChI is InChI=1S/C13H17O2S/c1-14-12-5-3-11(4-6-12)7-9-13-8-2-10-16(13)15-13/h3-6H,2,7-10H2,1H3/q+1. The van der Waals surface area contributed by atoms with Gasteiger partial charge in [0.1, 0.15) is 11.5 Å². The van der Waals surface area contributed by atoms with Crippen LogP contribution in [0.4, 0.5) is 0 Å². The highest BCUT2D eigenvalue weighted by Crippen LogP contribution is 2.53. The predicted octanol–water partition coefficient (Wildman–Crippen LogP) is 2.68. The highest BCUT2D eigenvalue weighted by Gasteiger charge is 2.73. The van der Waals surface area contributed by atoms with Crippen LogP contribution in [0.3, 0.4) is 0 Å². The first-order valence-corrected chi connectivity index (χ1v) is 7.18. The summed E-state index contributed by atoms with van der Waals surface area (Å²) in [5.41, 5.74) is 1.39. The Kier molecular flexibility index (Phi) is 2.60. The number of fused-ring (bicyclic) bond motifs is 1. The smallest absolute Gasteiger partial charge is 0.308 e. The molecule has 0 amide bonds. The number of rotatable bonds is 4. The van der Waals surface area contributed by atoms with Crippen LogP contribution in [0.2, 0.25) is 0 Å². The molecule has 0 radical (unpaired) electrons. The summed E-state index contributed by atoms with van der Waals surface area (Å²) in [5, 5.41) is 0. The van der Waals surface area contributed by atoms with Gasteiger partial charge in [-0.2, -0.15) is 0 Å². The lowest BCUT2D eigenvalue weighted by atomic mass is 10.0. The fourth-order valence-corrected chi connectivity index (χ4v) is 4.64. The fraction of sp³-hybridized carbons (Fsp3) is 0.538. The number of aryl methyl sites for hydroxylation is 1. The van der Waals surface area contributed by atoms with E-state index in [2.05, 4.69) is 12.1 Å². The molecule has 86 valence electrons. The van der Waals surface area contributed by atoms with Gasteiger partial charge < -0.3 is 4.74 Å². The molecule has 3 rings (SSSR count). The van der Waals surface area contributed by atoms with Crippen molar-refractivity contribution in [1.29, 1.82) is 0 Å². The molecule has 0 bridgehead atoms. The monoisotopic (exact) mass is 237 g/mol. The first-order valence-electron chi connectivity index (χ1n) is 5.86. The van der Waals surface area contributed by atoms with Crippen LogP contribution in [0, 0.1) is 0 Å². The van der Waals surface area contributed by atoms with E-state index in [1.165, 1.54) is 30.6 Å². The minimum atomic E-state index is 0.305. The molecular weight excluding hydrogens is 220 g/mol. The largest absolute Gasteiger partial charge is 0.497 e. The lowest BCUT2D eigenvalue weighted by molar-refractivity contribution is 0.278. The molecule has 2 atom stereocenters. The molecule has 2 unspecified atom stereocenters. The van der Waals surface area contributed by atoms with Crippen LogP contribution < -0.4 is 4.74 Å². The Morgan fingerprint density at radius 1 is 1.38 bits per heavy atom. The number of methoxy groups -OCH3 is 1. The third-order valence-corrected chi connectivity index (χ3v) is 5.83. The second-order valence-electron chi connectivity index (χ2n) is 4.50. The molecule has 3 heteroatoms. The van der Waals surface area contributed by atoms with Gasteiger partial charge in [0.2, 0.25) is 0 Å². The van der Waals surface area contributed by atoms with Gasteiger partial charge in [-0.05, 0) is 24.1 Å². The SMILES string of the molecule is COc1ccc(CCC23CCC[S+]2O3)cc1. The van der Waals surface area contributed by atoms with Gasteiger partial charge in [-0.3, -0.25) is 0 Å². The highest BCUT2D eigenvalue weighted by molar-refractivity contribution is 7.99. The number of hydrogen-bond acceptors (Lipinski definition) is 2. The van der Waals surface area contributed by atoms with E-state index in [-0.39, 0.29) is 0 Å². The number of hydrogen-bond donors (Lipinski definition) is 0. The minimum absolute atomic E-state index is 0.305. The Labute approximate surface area is 99.5 Å². The second-order valence-corrected chi connectivity index (χ2v) is 6.51. The van der Waals surface area contributed by atoms with Gasteiger partial charge in [-0.1, -0.05) is 12.1 Å².